The Labute approximate surface area is 70.6 Å². The molecule has 0 unspecified atom stereocenters. The van der Waals surface area contributed by atoms with Gasteiger partial charge in [-0.05, 0) is 13.0 Å². The number of aromatic nitrogens is 2. The summed E-state index contributed by atoms with van der Waals surface area (Å²) in [6.07, 6.45) is 6.47. The Morgan fingerprint density at radius 2 is 2.58 bits per heavy atom. The van der Waals surface area contributed by atoms with Crippen LogP contribution in [0, 0.1) is 6.20 Å². The number of rotatable bonds is 2. The molecule has 0 atom stereocenters. The molecule has 1 radical (unpaired) electrons. The minimum Gasteiger partial charge on any atom is -0.494 e. The highest BCUT2D eigenvalue weighted by molar-refractivity contribution is 5.43. The first-order chi connectivity index (χ1) is 5.90. The van der Waals surface area contributed by atoms with Crippen molar-refractivity contribution < 1.29 is 4.74 Å². The van der Waals surface area contributed by atoms with Crippen LogP contribution in [0.5, 0.6) is 5.75 Å². The third-order valence-electron chi connectivity index (χ3n) is 1.61. The van der Waals surface area contributed by atoms with Gasteiger partial charge in [0.05, 0.1) is 19.0 Å². The molecule has 2 rings (SSSR count). The Balaban J connectivity index is 2.46. The largest absolute Gasteiger partial charge is 0.494 e. The molecule has 0 saturated heterocycles. The number of nitrogens with zero attached hydrogens (tertiary/aromatic N) is 2. The quantitative estimate of drug-likeness (QED) is 0.667. The maximum absolute atomic E-state index is 5.32. The number of fused-ring (bicyclic) bond motifs is 1. The van der Waals surface area contributed by atoms with Gasteiger partial charge in [0.15, 0.2) is 0 Å². The van der Waals surface area contributed by atoms with E-state index in [0.29, 0.717) is 6.61 Å². The first-order valence-electron chi connectivity index (χ1n) is 3.88. The van der Waals surface area contributed by atoms with Gasteiger partial charge in [-0.2, -0.15) is 0 Å². The molecule has 0 saturated carbocycles. The van der Waals surface area contributed by atoms with Gasteiger partial charge in [-0.25, -0.2) is 4.98 Å². The number of hydrogen-bond donors (Lipinski definition) is 0. The van der Waals surface area contributed by atoms with Gasteiger partial charge >= 0.3 is 0 Å². The molecule has 0 aliphatic rings. The van der Waals surface area contributed by atoms with Crippen LogP contribution in [0.15, 0.2) is 24.5 Å². The normalized spacial score (nSPS) is 10.4. The van der Waals surface area contributed by atoms with Crippen LogP contribution in [0.3, 0.4) is 0 Å². The van der Waals surface area contributed by atoms with E-state index in [4.69, 9.17) is 4.74 Å². The lowest BCUT2D eigenvalue weighted by atomic mass is 10.4. The van der Waals surface area contributed by atoms with Crippen molar-refractivity contribution in [1.82, 2.24) is 9.38 Å². The van der Waals surface area contributed by atoms with Gasteiger partial charge in [-0.3, -0.25) is 4.40 Å². The third-order valence-corrected chi connectivity index (χ3v) is 1.61. The van der Waals surface area contributed by atoms with Crippen molar-refractivity contribution in [2.24, 2.45) is 0 Å². The minimum absolute atomic E-state index is 0.681. The zero-order chi connectivity index (χ0) is 8.39. The van der Waals surface area contributed by atoms with Gasteiger partial charge in [0, 0.05) is 12.3 Å². The average Bonchev–Trinajstić information content (AvgIpc) is 2.51. The number of imidazole rings is 1. The average molecular weight is 161 g/mol. The highest BCUT2D eigenvalue weighted by atomic mass is 16.5. The summed E-state index contributed by atoms with van der Waals surface area (Å²) in [5.74, 6) is 0.851. The molecule has 0 aliphatic carbocycles. The second kappa shape index (κ2) is 2.85. The third kappa shape index (κ3) is 1.13. The molecular formula is C9H9N2O. The summed E-state index contributed by atoms with van der Waals surface area (Å²) in [7, 11) is 0. The fourth-order valence-corrected chi connectivity index (χ4v) is 1.09. The molecule has 2 heterocycles. The van der Waals surface area contributed by atoms with Crippen LogP contribution >= 0.6 is 0 Å². The summed E-state index contributed by atoms with van der Waals surface area (Å²) >= 11 is 0. The van der Waals surface area contributed by atoms with Crippen LogP contribution < -0.4 is 4.74 Å². The molecule has 0 aliphatic heterocycles. The maximum Gasteiger partial charge on any atom is 0.140 e. The van der Waals surface area contributed by atoms with Gasteiger partial charge < -0.3 is 4.74 Å². The van der Waals surface area contributed by atoms with Gasteiger partial charge in [-0.1, -0.05) is 0 Å². The summed E-state index contributed by atoms with van der Waals surface area (Å²) in [6.45, 7) is 2.64. The summed E-state index contributed by atoms with van der Waals surface area (Å²) < 4.78 is 7.14. The lowest BCUT2D eigenvalue weighted by Gasteiger charge is -2.01. The lowest BCUT2D eigenvalue weighted by molar-refractivity contribution is 0.340. The van der Waals surface area contributed by atoms with Crippen molar-refractivity contribution in [2.45, 2.75) is 6.92 Å². The monoisotopic (exact) mass is 161 g/mol. The number of hydrogen-bond acceptors (Lipinski definition) is 2. The maximum atomic E-state index is 5.32. The van der Waals surface area contributed by atoms with E-state index in [2.05, 4.69) is 11.2 Å². The first-order valence-corrected chi connectivity index (χ1v) is 3.88. The van der Waals surface area contributed by atoms with Gasteiger partial charge in [0.2, 0.25) is 0 Å². The summed E-state index contributed by atoms with van der Waals surface area (Å²) in [4.78, 5) is 4.09. The van der Waals surface area contributed by atoms with E-state index in [1.165, 1.54) is 0 Å². The summed E-state index contributed by atoms with van der Waals surface area (Å²) in [6, 6.07) is 3.79. The highest BCUT2D eigenvalue weighted by Crippen LogP contribution is 2.12. The van der Waals surface area contributed by atoms with Gasteiger partial charge in [0.25, 0.3) is 0 Å². The molecule has 3 nitrogen and oxygen atoms in total. The van der Waals surface area contributed by atoms with E-state index < -0.39 is 0 Å². The SMILES string of the molecule is CCOc1ccn2[c]cnc2c1. The van der Waals surface area contributed by atoms with E-state index in [1.807, 2.05) is 29.7 Å². The molecule has 0 spiro atoms. The fraction of sp³-hybridized carbons (Fsp3) is 0.222. The lowest BCUT2D eigenvalue weighted by Crippen LogP contribution is -1.92. The molecule has 2 aromatic rings. The van der Waals surface area contributed by atoms with Crippen molar-refractivity contribution in [3.63, 3.8) is 0 Å². The molecule has 61 valence electrons. The van der Waals surface area contributed by atoms with Gasteiger partial charge in [0.1, 0.15) is 11.4 Å². The van der Waals surface area contributed by atoms with Crippen molar-refractivity contribution in [3.8, 4) is 5.75 Å². The molecule has 0 N–H and O–H groups in total. The summed E-state index contributed by atoms with van der Waals surface area (Å²) in [5.41, 5.74) is 0.862. The topological polar surface area (TPSA) is 26.5 Å². The zero-order valence-corrected chi connectivity index (χ0v) is 6.82. The fourth-order valence-electron chi connectivity index (χ4n) is 1.09. The van der Waals surface area contributed by atoms with Crippen LogP contribution in [-0.2, 0) is 0 Å². The molecule has 0 aromatic carbocycles. The Morgan fingerprint density at radius 3 is 3.42 bits per heavy atom. The Kier molecular flexibility index (Phi) is 1.70. The predicted molar refractivity (Wildman–Crippen MR) is 45.2 cm³/mol. The smallest absolute Gasteiger partial charge is 0.140 e. The van der Waals surface area contributed by atoms with Crippen molar-refractivity contribution in [2.75, 3.05) is 6.61 Å². The van der Waals surface area contributed by atoms with Crippen LogP contribution in [0.2, 0.25) is 0 Å². The Bertz CT molecular complexity index is 381. The van der Waals surface area contributed by atoms with Crippen molar-refractivity contribution in [3.05, 3.63) is 30.7 Å². The van der Waals surface area contributed by atoms with E-state index in [0.717, 1.165) is 11.4 Å². The van der Waals surface area contributed by atoms with Crippen LogP contribution in [-0.4, -0.2) is 16.0 Å². The van der Waals surface area contributed by atoms with E-state index >= 15 is 0 Å². The van der Waals surface area contributed by atoms with Crippen LogP contribution in [0.25, 0.3) is 5.65 Å². The minimum atomic E-state index is 0.681. The van der Waals surface area contributed by atoms with Gasteiger partial charge in [-0.15, -0.1) is 0 Å². The van der Waals surface area contributed by atoms with Crippen molar-refractivity contribution >= 4 is 5.65 Å². The first kappa shape index (κ1) is 7.16. The second-order valence-corrected chi connectivity index (χ2v) is 2.41. The predicted octanol–water partition coefficient (Wildman–Crippen LogP) is 1.53. The zero-order valence-electron chi connectivity index (χ0n) is 6.82. The molecule has 3 heteroatoms. The number of ether oxygens (including phenoxy) is 1. The highest BCUT2D eigenvalue weighted by Gasteiger charge is 1.95. The Hall–Kier alpha value is -1.51. The molecular weight excluding hydrogens is 152 g/mol. The van der Waals surface area contributed by atoms with Crippen LogP contribution in [0.4, 0.5) is 0 Å². The number of pyridine rings is 1. The Morgan fingerprint density at radius 1 is 1.67 bits per heavy atom. The molecule has 0 fully saturated rings. The van der Waals surface area contributed by atoms with E-state index in [-0.39, 0.29) is 0 Å². The van der Waals surface area contributed by atoms with E-state index in [9.17, 15) is 0 Å². The molecule has 0 amide bonds. The molecule has 2 aromatic heterocycles. The van der Waals surface area contributed by atoms with Crippen LogP contribution in [0.1, 0.15) is 6.92 Å². The van der Waals surface area contributed by atoms with E-state index in [1.54, 1.807) is 6.20 Å². The standard InChI is InChI=1S/C9H9N2O/c1-2-12-8-3-5-11-6-4-10-9(11)7-8/h3-5,7H,2H2,1H3. The van der Waals surface area contributed by atoms with Crippen molar-refractivity contribution in [1.29, 1.82) is 0 Å². The second-order valence-electron chi connectivity index (χ2n) is 2.41. The molecule has 0 bridgehead atoms. The summed E-state index contributed by atoms with van der Waals surface area (Å²) in [5, 5.41) is 0. The molecule has 12 heavy (non-hydrogen) atoms.